The predicted molar refractivity (Wildman–Crippen MR) is 84.0 cm³/mol. The Morgan fingerprint density at radius 3 is 3.04 bits per heavy atom. The van der Waals surface area contributed by atoms with Crippen molar-refractivity contribution in [3.8, 4) is 17.2 Å². The van der Waals surface area contributed by atoms with Crippen LogP contribution < -0.4 is 14.2 Å². The molecule has 1 aromatic heterocycles. The van der Waals surface area contributed by atoms with Gasteiger partial charge in [-0.3, -0.25) is 0 Å². The Kier molecular flexibility index (Phi) is 3.27. The van der Waals surface area contributed by atoms with Crippen LogP contribution >= 0.6 is 11.3 Å². The summed E-state index contributed by atoms with van der Waals surface area (Å²) >= 11 is 1.46. The van der Waals surface area contributed by atoms with E-state index in [2.05, 4.69) is 4.99 Å². The summed E-state index contributed by atoms with van der Waals surface area (Å²) in [7, 11) is 1.55. The number of rotatable bonds is 3. The second-order valence-electron chi connectivity index (χ2n) is 4.77. The van der Waals surface area contributed by atoms with Crippen molar-refractivity contribution in [1.29, 1.82) is 0 Å². The van der Waals surface area contributed by atoms with Crippen molar-refractivity contribution in [3.63, 3.8) is 0 Å². The maximum atomic E-state index is 12.0. The number of carbonyl (C=O) groups excluding carboxylic acids is 1. The van der Waals surface area contributed by atoms with Crippen molar-refractivity contribution in [1.82, 2.24) is 0 Å². The minimum atomic E-state index is -0.481. The quantitative estimate of drug-likeness (QED) is 0.640. The maximum Gasteiger partial charge on any atom is 0.363 e. The highest BCUT2D eigenvalue weighted by Gasteiger charge is 2.26. The number of hydrogen-bond acceptors (Lipinski definition) is 7. The molecule has 2 aromatic rings. The lowest BCUT2D eigenvalue weighted by Crippen LogP contribution is -2.03. The minimum absolute atomic E-state index is 0.147. The van der Waals surface area contributed by atoms with Crippen LogP contribution in [0.25, 0.3) is 6.08 Å². The second-order valence-corrected chi connectivity index (χ2v) is 5.72. The van der Waals surface area contributed by atoms with Gasteiger partial charge >= 0.3 is 5.97 Å². The smallest absolute Gasteiger partial charge is 0.363 e. The van der Waals surface area contributed by atoms with Crippen LogP contribution in [-0.2, 0) is 9.53 Å². The molecule has 116 valence electrons. The van der Waals surface area contributed by atoms with E-state index in [0.29, 0.717) is 28.7 Å². The van der Waals surface area contributed by atoms with Crippen molar-refractivity contribution in [2.24, 2.45) is 4.99 Å². The first-order valence-corrected chi connectivity index (χ1v) is 7.66. The first kappa shape index (κ1) is 13.8. The van der Waals surface area contributed by atoms with Gasteiger partial charge in [0.1, 0.15) is 0 Å². The van der Waals surface area contributed by atoms with Gasteiger partial charge in [0.2, 0.25) is 18.4 Å². The van der Waals surface area contributed by atoms with Crippen molar-refractivity contribution in [2.75, 3.05) is 13.9 Å². The van der Waals surface area contributed by atoms with Crippen LogP contribution in [0, 0.1) is 0 Å². The third-order valence-electron chi connectivity index (χ3n) is 3.34. The van der Waals surface area contributed by atoms with E-state index in [1.165, 1.54) is 11.3 Å². The molecule has 3 heterocycles. The molecule has 0 saturated carbocycles. The van der Waals surface area contributed by atoms with E-state index in [1.54, 1.807) is 25.3 Å². The molecule has 2 aliphatic heterocycles. The molecule has 0 radical (unpaired) electrons. The molecule has 0 aliphatic carbocycles. The van der Waals surface area contributed by atoms with E-state index in [4.69, 9.17) is 18.9 Å². The van der Waals surface area contributed by atoms with Crippen LogP contribution in [0.5, 0.6) is 17.2 Å². The molecule has 7 heteroatoms. The zero-order valence-corrected chi connectivity index (χ0v) is 12.9. The average Bonchev–Trinajstić information content (AvgIpc) is 3.27. The van der Waals surface area contributed by atoms with Crippen LogP contribution in [0.2, 0.25) is 0 Å². The van der Waals surface area contributed by atoms with Gasteiger partial charge in [-0.1, -0.05) is 6.07 Å². The molecule has 0 spiro atoms. The van der Waals surface area contributed by atoms with Gasteiger partial charge in [0.15, 0.2) is 17.2 Å². The largest absolute Gasteiger partial charge is 0.493 e. The van der Waals surface area contributed by atoms with Crippen LogP contribution in [0.15, 0.2) is 40.3 Å². The van der Waals surface area contributed by atoms with Gasteiger partial charge in [-0.05, 0) is 35.2 Å². The lowest BCUT2D eigenvalue weighted by atomic mass is 10.1. The van der Waals surface area contributed by atoms with E-state index in [-0.39, 0.29) is 12.5 Å². The summed E-state index contributed by atoms with van der Waals surface area (Å²) in [5.41, 5.74) is 0.948. The number of esters is 1. The summed E-state index contributed by atoms with van der Waals surface area (Å²) in [5.74, 6) is 1.52. The number of nitrogens with zero attached hydrogens (tertiary/aromatic N) is 1. The molecule has 1 aromatic carbocycles. The lowest BCUT2D eigenvalue weighted by Gasteiger charge is -2.05. The molecular weight excluding hydrogens is 318 g/mol. The van der Waals surface area contributed by atoms with Crippen LogP contribution in [-0.4, -0.2) is 25.8 Å². The maximum absolute atomic E-state index is 12.0. The van der Waals surface area contributed by atoms with E-state index >= 15 is 0 Å². The Bertz CT molecular complexity index is 838. The van der Waals surface area contributed by atoms with Gasteiger partial charge in [-0.15, -0.1) is 11.3 Å². The van der Waals surface area contributed by atoms with E-state index in [1.807, 2.05) is 17.5 Å². The van der Waals surface area contributed by atoms with Crippen LogP contribution in [0.1, 0.15) is 10.4 Å². The number of methoxy groups -OCH3 is 1. The van der Waals surface area contributed by atoms with Gasteiger partial charge in [0.05, 0.1) is 12.0 Å². The fraction of sp³-hybridized carbons (Fsp3) is 0.125. The fourth-order valence-electron chi connectivity index (χ4n) is 2.31. The monoisotopic (exact) mass is 329 g/mol. The van der Waals surface area contributed by atoms with E-state index in [0.717, 1.165) is 4.88 Å². The first-order valence-electron chi connectivity index (χ1n) is 6.78. The molecule has 0 atom stereocenters. The number of aliphatic imine (C=N–C) groups is 1. The Hall–Kier alpha value is -2.80. The van der Waals surface area contributed by atoms with Gasteiger partial charge in [-0.2, -0.15) is 0 Å². The summed E-state index contributed by atoms with van der Waals surface area (Å²) in [6.07, 6.45) is 1.63. The summed E-state index contributed by atoms with van der Waals surface area (Å²) < 4.78 is 21.2. The zero-order chi connectivity index (χ0) is 15.8. The lowest BCUT2D eigenvalue weighted by molar-refractivity contribution is -0.129. The number of hydrogen-bond donors (Lipinski definition) is 0. The number of fused-ring (bicyclic) bond motifs is 1. The third-order valence-corrected chi connectivity index (χ3v) is 4.19. The van der Waals surface area contributed by atoms with E-state index < -0.39 is 5.97 Å². The molecule has 0 amide bonds. The Labute approximate surface area is 135 Å². The zero-order valence-electron chi connectivity index (χ0n) is 12.1. The van der Waals surface area contributed by atoms with Gasteiger partial charge < -0.3 is 18.9 Å². The van der Waals surface area contributed by atoms with Gasteiger partial charge in [0, 0.05) is 0 Å². The Balaban J connectivity index is 1.72. The molecule has 23 heavy (non-hydrogen) atoms. The third kappa shape index (κ3) is 2.44. The Morgan fingerprint density at radius 2 is 2.26 bits per heavy atom. The van der Waals surface area contributed by atoms with E-state index in [9.17, 15) is 4.79 Å². The average molecular weight is 329 g/mol. The minimum Gasteiger partial charge on any atom is -0.493 e. The number of carbonyl (C=O) groups is 1. The SMILES string of the molecule is COc1cc(/C=C2\N=C(c3cccs3)OC2=O)cc2c1OCO2. The molecule has 2 aliphatic rings. The summed E-state index contributed by atoms with van der Waals surface area (Å²) in [5, 5.41) is 1.90. The van der Waals surface area contributed by atoms with Gasteiger partial charge in [0.25, 0.3) is 0 Å². The van der Waals surface area contributed by atoms with Crippen molar-refractivity contribution in [2.45, 2.75) is 0 Å². The predicted octanol–water partition coefficient (Wildman–Crippen LogP) is 2.83. The van der Waals surface area contributed by atoms with Crippen molar-refractivity contribution in [3.05, 3.63) is 45.8 Å². The molecule has 6 nitrogen and oxygen atoms in total. The number of benzene rings is 1. The molecule has 4 rings (SSSR count). The standard InChI is InChI=1S/C16H11NO5S/c1-19-11-6-9(7-12-14(11)21-8-20-12)5-10-16(18)22-15(17-10)13-3-2-4-23-13/h2-7H,8H2,1H3/b10-5-. The topological polar surface area (TPSA) is 66.4 Å². The number of ether oxygens (including phenoxy) is 4. The van der Waals surface area contributed by atoms with Crippen molar-refractivity contribution < 1.29 is 23.7 Å². The highest BCUT2D eigenvalue weighted by Crippen LogP contribution is 2.42. The van der Waals surface area contributed by atoms with Crippen LogP contribution in [0.3, 0.4) is 0 Å². The van der Waals surface area contributed by atoms with Crippen molar-refractivity contribution >= 4 is 29.3 Å². The first-order chi connectivity index (χ1) is 11.2. The van der Waals surface area contributed by atoms with Crippen LogP contribution in [0.4, 0.5) is 0 Å². The second kappa shape index (κ2) is 5.44. The molecule has 0 bridgehead atoms. The highest BCUT2D eigenvalue weighted by atomic mass is 32.1. The summed E-state index contributed by atoms with van der Waals surface area (Å²) in [6, 6.07) is 7.25. The molecule has 0 saturated heterocycles. The summed E-state index contributed by atoms with van der Waals surface area (Å²) in [6.45, 7) is 0.147. The highest BCUT2D eigenvalue weighted by molar-refractivity contribution is 7.12. The number of cyclic esters (lactones) is 1. The normalized spacial score (nSPS) is 17.3. The molecule has 0 fully saturated rings. The molecule has 0 unspecified atom stereocenters. The molecular formula is C16H11NO5S. The molecule has 0 N–H and O–H groups in total. The Morgan fingerprint density at radius 1 is 1.35 bits per heavy atom. The van der Waals surface area contributed by atoms with Gasteiger partial charge in [-0.25, -0.2) is 9.79 Å². The summed E-state index contributed by atoms with van der Waals surface area (Å²) in [4.78, 5) is 17.1. The fourth-order valence-corrected chi connectivity index (χ4v) is 2.95. The number of thiophene rings is 1.